The highest BCUT2D eigenvalue weighted by molar-refractivity contribution is 9.10. The molecule has 0 atom stereocenters. The van der Waals surface area contributed by atoms with Crippen LogP contribution in [0, 0.1) is 0 Å². The number of benzene rings is 3. The smallest absolute Gasteiger partial charge is 0.271 e. The first-order valence-corrected chi connectivity index (χ1v) is 11.4. The van der Waals surface area contributed by atoms with Crippen molar-refractivity contribution in [3.05, 3.63) is 90.8 Å². The predicted molar refractivity (Wildman–Crippen MR) is 133 cm³/mol. The minimum atomic E-state index is -0.413. The maximum Gasteiger partial charge on any atom is 0.271 e. The van der Waals surface area contributed by atoms with E-state index in [2.05, 4.69) is 26.5 Å². The van der Waals surface area contributed by atoms with Crippen molar-refractivity contribution in [2.45, 2.75) is 13.5 Å². The van der Waals surface area contributed by atoms with Crippen LogP contribution in [0.15, 0.2) is 64.2 Å². The van der Waals surface area contributed by atoms with Crippen LogP contribution in [0.25, 0.3) is 0 Å². The van der Waals surface area contributed by atoms with Crippen molar-refractivity contribution in [2.24, 2.45) is 5.10 Å². The maximum atomic E-state index is 12.2. The van der Waals surface area contributed by atoms with Gasteiger partial charge in [-0.05, 0) is 64.8 Å². The number of halogens is 4. The quantitative estimate of drug-likeness (QED) is 0.237. The number of nitrogens with one attached hydrogen (secondary N) is 1. The molecule has 0 aliphatic heterocycles. The van der Waals surface area contributed by atoms with Crippen molar-refractivity contribution < 1.29 is 14.3 Å². The maximum absolute atomic E-state index is 12.2. The molecule has 0 fully saturated rings. The number of ether oxygens (including phenoxy) is 2. The van der Waals surface area contributed by atoms with Crippen LogP contribution in [0.2, 0.25) is 15.1 Å². The molecule has 1 N–H and O–H groups in total. The Labute approximate surface area is 209 Å². The molecule has 5 nitrogen and oxygen atoms in total. The lowest BCUT2D eigenvalue weighted by Gasteiger charge is -2.15. The van der Waals surface area contributed by atoms with Crippen LogP contribution in [0.4, 0.5) is 0 Å². The average Bonchev–Trinajstić information content (AvgIpc) is 2.76. The summed E-state index contributed by atoms with van der Waals surface area (Å²) in [7, 11) is 0. The molecule has 0 bridgehead atoms. The molecule has 0 saturated carbocycles. The summed E-state index contributed by atoms with van der Waals surface area (Å²) in [5, 5.41) is 5.30. The van der Waals surface area contributed by atoms with Crippen LogP contribution in [-0.2, 0) is 6.61 Å². The highest BCUT2D eigenvalue weighted by Crippen LogP contribution is 2.37. The highest BCUT2D eigenvalue weighted by Gasteiger charge is 2.13. The number of carbonyl (C=O) groups excluding carboxylic acids is 1. The molecule has 0 aromatic heterocycles. The van der Waals surface area contributed by atoms with Crippen LogP contribution in [0.5, 0.6) is 11.5 Å². The standard InChI is InChI=1S/C23H18BrCl3N2O3/c1-2-31-21-10-14(12-28-29-23(30)15-7-8-19(26)20(27)11-15)9-17(24)22(21)32-13-16-5-3-4-6-18(16)25/h3-12H,2,13H2,1H3,(H,29,30)/b28-12-. The Morgan fingerprint density at radius 3 is 2.53 bits per heavy atom. The topological polar surface area (TPSA) is 59.9 Å². The third-order valence-corrected chi connectivity index (χ3v) is 5.92. The van der Waals surface area contributed by atoms with E-state index in [4.69, 9.17) is 44.3 Å². The lowest BCUT2D eigenvalue weighted by atomic mass is 10.2. The molecule has 0 aliphatic rings. The lowest BCUT2D eigenvalue weighted by molar-refractivity contribution is 0.0955. The van der Waals surface area contributed by atoms with E-state index in [0.29, 0.717) is 48.8 Å². The minimum absolute atomic E-state index is 0.283. The number of hydrazone groups is 1. The molecule has 0 saturated heterocycles. The van der Waals surface area contributed by atoms with E-state index in [1.807, 2.05) is 31.2 Å². The molecule has 3 rings (SSSR count). The van der Waals surface area contributed by atoms with E-state index >= 15 is 0 Å². The fraction of sp³-hybridized carbons (Fsp3) is 0.130. The van der Waals surface area contributed by atoms with Gasteiger partial charge in [-0.2, -0.15) is 5.10 Å². The summed E-state index contributed by atoms with van der Waals surface area (Å²) in [6.45, 7) is 2.61. The van der Waals surface area contributed by atoms with Crippen molar-refractivity contribution in [1.82, 2.24) is 5.43 Å². The van der Waals surface area contributed by atoms with Crippen molar-refractivity contribution >= 4 is 62.9 Å². The van der Waals surface area contributed by atoms with E-state index in [-0.39, 0.29) is 6.61 Å². The second-order valence-corrected chi connectivity index (χ2v) is 8.55. The average molecular weight is 557 g/mol. The van der Waals surface area contributed by atoms with Gasteiger partial charge in [0.25, 0.3) is 5.91 Å². The third-order valence-electron chi connectivity index (χ3n) is 4.22. The van der Waals surface area contributed by atoms with E-state index < -0.39 is 5.91 Å². The Morgan fingerprint density at radius 2 is 1.81 bits per heavy atom. The second kappa shape index (κ2) is 11.6. The number of nitrogens with zero attached hydrogens (tertiary/aromatic N) is 1. The Hall–Kier alpha value is -2.25. The van der Waals surface area contributed by atoms with E-state index in [1.165, 1.54) is 12.3 Å². The molecule has 0 unspecified atom stereocenters. The number of amides is 1. The van der Waals surface area contributed by atoms with Gasteiger partial charge in [0.1, 0.15) is 6.61 Å². The van der Waals surface area contributed by atoms with Crippen molar-refractivity contribution in [3.8, 4) is 11.5 Å². The van der Waals surface area contributed by atoms with Gasteiger partial charge < -0.3 is 9.47 Å². The molecule has 0 heterocycles. The van der Waals surface area contributed by atoms with Crippen molar-refractivity contribution in [3.63, 3.8) is 0 Å². The summed E-state index contributed by atoms with van der Waals surface area (Å²) in [6.07, 6.45) is 1.50. The monoisotopic (exact) mass is 554 g/mol. The van der Waals surface area contributed by atoms with Crippen LogP contribution >= 0.6 is 50.7 Å². The van der Waals surface area contributed by atoms with Gasteiger partial charge in [-0.25, -0.2) is 5.43 Å². The molecule has 1 amide bonds. The summed E-state index contributed by atoms with van der Waals surface area (Å²) in [6, 6.07) is 15.6. The lowest BCUT2D eigenvalue weighted by Crippen LogP contribution is -2.17. The molecular formula is C23H18BrCl3N2O3. The number of hydrogen-bond acceptors (Lipinski definition) is 4. The van der Waals surface area contributed by atoms with Crippen LogP contribution in [0.1, 0.15) is 28.4 Å². The van der Waals surface area contributed by atoms with Crippen LogP contribution < -0.4 is 14.9 Å². The summed E-state index contributed by atoms with van der Waals surface area (Å²) < 4.78 is 12.4. The summed E-state index contributed by atoms with van der Waals surface area (Å²) in [5.74, 6) is 0.665. The SMILES string of the molecule is CCOc1cc(/C=N\NC(=O)c2ccc(Cl)c(Cl)c2)cc(Br)c1OCc1ccccc1Cl. The zero-order valence-electron chi connectivity index (χ0n) is 16.9. The summed E-state index contributed by atoms with van der Waals surface area (Å²) in [5.41, 5.74) is 4.36. The Bertz CT molecular complexity index is 1160. The van der Waals surface area contributed by atoms with Gasteiger partial charge in [-0.1, -0.05) is 53.0 Å². The van der Waals surface area contributed by atoms with Crippen molar-refractivity contribution in [2.75, 3.05) is 6.61 Å². The second-order valence-electron chi connectivity index (χ2n) is 6.47. The molecule has 0 radical (unpaired) electrons. The zero-order valence-corrected chi connectivity index (χ0v) is 20.7. The fourth-order valence-corrected chi connectivity index (χ4v) is 3.76. The first-order chi connectivity index (χ1) is 15.4. The Morgan fingerprint density at radius 1 is 1.03 bits per heavy atom. The van der Waals surface area contributed by atoms with Gasteiger partial charge in [-0.3, -0.25) is 4.79 Å². The molecule has 3 aromatic rings. The molecule has 9 heteroatoms. The van der Waals surface area contributed by atoms with Gasteiger partial charge in [0, 0.05) is 16.1 Å². The number of carbonyl (C=O) groups is 1. The van der Waals surface area contributed by atoms with Gasteiger partial charge in [0.15, 0.2) is 11.5 Å². The van der Waals surface area contributed by atoms with Gasteiger partial charge in [0.05, 0.1) is 27.3 Å². The summed E-state index contributed by atoms with van der Waals surface area (Å²) >= 11 is 21.6. The molecule has 0 spiro atoms. The molecule has 0 aliphatic carbocycles. The van der Waals surface area contributed by atoms with E-state index in [0.717, 1.165) is 5.56 Å². The van der Waals surface area contributed by atoms with Crippen molar-refractivity contribution in [1.29, 1.82) is 0 Å². The fourth-order valence-electron chi connectivity index (χ4n) is 2.70. The highest BCUT2D eigenvalue weighted by atomic mass is 79.9. The molecule has 166 valence electrons. The van der Waals surface area contributed by atoms with Gasteiger partial charge in [-0.15, -0.1) is 0 Å². The number of hydrogen-bond donors (Lipinski definition) is 1. The Kier molecular flexibility index (Phi) is 8.82. The largest absolute Gasteiger partial charge is 0.490 e. The minimum Gasteiger partial charge on any atom is -0.490 e. The van der Waals surface area contributed by atoms with Crippen LogP contribution in [-0.4, -0.2) is 18.7 Å². The molecular weight excluding hydrogens is 539 g/mol. The van der Waals surface area contributed by atoms with E-state index in [1.54, 1.807) is 24.3 Å². The van der Waals surface area contributed by atoms with E-state index in [9.17, 15) is 4.79 Å². The normalized spacial score (nSPS) is 10.9. The third kappa shape index (κ3) is 6.39. The van der Waals surface area contributed by atoms with Gasteiger partial charge in [0.2, 0.25) is 0 Å². The Balaban J connectivity index is 1.73. The zero-order chi connectivity index (χ0) is 23.1. The predicted octanol–water partition coefficient (Wildman–Crippen LogP) is 7.15. The van der Waals surface area contributed by atoms with Gasteiger partial charge >= 0.3 is 0 Å². The first kappa shape index (κ1) is 24.4. The van der Waals surface area contributed by atoms with Crippen LogP contribution in [0.3, 0.4) is 0 Å². The first-order valence-electron chi connectivity index (χ1n) is 9.50. The summed E-state index contributed by atoms with van der Waals surface area (Å²) in [4.78, 5) is 12.2. The molecule has 32 heavy (non-hydrogen) atoms. The molecule has 3 aromatic carbocycles. The number of rotatable bonds is 8.